The first-order valence-electron chi connectivity index (χ1n) is 9.50. The summed E-state index contributed by atoms with van der Waals surface area (Å²) in [4.78, 5) is 31.5. The molecule has 0 saturated carbocycles. The Balaban J connectivity index is 1.80. The molecule has 1 heterocycles. The number of ether oxygens (including phenoxy) is 3. The lowest BCUT2D eigenvalue weighted by molar-refractivity contribution is 0.0978. The van der Waals surface area contributed by atoms with Crippen molar-refractivity contribution in [1.29, 1.82) is 0 Å². The van der Waals surface area contributed by atoms with Gasteiger partial charge in [-0.2, -0.15) is 0 Å². The van der Waals surface area contributed by atoms with E-state index in [1.165, 1.54) is 19.2 Å². The van der Waals surface area contributed by atoms with Gasteiger partial charge in [0.05, 0.1) is 19.3 Å². The lowest BCUT2D eigenvalue weighted by Gasteiger charge is -2.24. The van der Waals surface area contributed by atoms with Crippen LogP contribution in [0.2, 0.25) is 0 Å². The van der Waals surface area contributed by atoms with Gasteiger partial charge in [-0.1, -0.05) is 13.0 Å². The lowest BCUT2D eigenvalue weighted by atomic mass is 10.0. The SMILES string of the molecule is CCCOc1cc2c(cc1C(=O)CCc1ccc(OC)c(OP(O)O)c1)OCS2(O)O. The van der Waals surface area contributed by atoms with Crippen LogP contribution in [0.15, 0.2) is 35.2 Å². The zero-order chi connectivity index (χ0) is 22.6. The van der Waals surface area contributed by atoms with E-state index in [1.807, 2.05) is 6.92 Å². The number of ketones is 1. The van der Waals surface area contributed by atoms with Crippen LogP contribution in [0.4, 0.5) is 0 Å². The van der Waals surface area contributed by atoms with Gasteiger partial charge in [-0.15, -0.1) is 10.6 Å². The molecule has 0 unspecified atom stereocenters. The van der Waals surface area contributed by atoms with Crippen molar-refractivity contribution in [2.45, 2.75) is 31.1 Å². The van der Waals surface area contributed by atoms with Crippen molar-refractivity contribution in [3.8, 4) is 23.0 Å². The van der Waals surface area contributed by atoms with E-state index in [-0.39, 0.29) is 34.5 Å². The van der Waals surface area contributed by atoms with Crippen molar-refractivity contribution in [3.05, 3.63) is 41.5 Å². The predicted molar refractivity (Wildman–Crippen MR) is 116 cm³/mol. The number of rotatable bonds is 10. The van der Waals surface area contributed by atoms with Crippen LogP contribution in [0, 0.1) is 0 Å². The summed E-state index contributed by atoms with van der Waals surface area (Å²) in [7, 11) is -4.22. The summed E-state index contributed by atoms with van der Waals surface area (Å²) in [6, 6.07) is 7.94. The molecule has 31 heavy (non-hydrogen) atoms. The molecule has 4 N–H and O–H groups in total. The highest BCUT2D eigenvalue weighted by atomic mass is 32.3. The Labute approximate surface area is 182 Å². The molecule has 0 saturated heterocycles. The summed E-state index contributed by atoms with van der Waals surface area (Å²) < 4.78 is 41.4. The molecule has 9 nitrogen and oxygen atoms in total. The number of carbonyl (C=O) groups is 1. The molecule has 11 heteroatoms. The first-order chi connectivity index (χ1) is 14.7. The van der Waals surface area contributed by atoms with Gasteiger partial charge in [-0.25, -0.2) is 0 Å². The highest BCUT2D eigenvalue weighted by Crippen LogP contribution is 2.58. The summed E-state index contributed by atoms with van der Waals surface area (Å²) in [5.74, 6) is 0.640. The third-order valence-electron chi connectivity index (χ3n) is 4.59. The Bertz CT molecular complexity index is 948. The standard InChI is InChI=1S/C20H25O9PS/c1-3-8-27-17-11-20-19(28-12-31(20,24)25)10-14(17)15(21)6-4-13-5-7-16(26-2)18(9-13)29-30(22)23/h5,7,9-11,22-25H,3-4,6,8,12H2,1-2H3. The quantitative estimate of drug-likeness (QED) is 0.294. The van der Waals surface area contributed by atoms with Crippen LogP contribution in [-0.4, -0.2) is 44.3 Å². The van der Waals surface area contributed by atoms with Crippen molar-refractivity contribution in [2.75, 3.05) is 19.7 Å². The molecule has 0 fully saturated rings. The Kier molecular flexibility index (Phi) is 7.64. The zero-order valence-electron chi connectivity index (χ0n) is 17.1. The number of hydrogen-bond donors (Lipinski definition) is 4. The minimum Gasteiger partial charge on any atom is -0.493 e. The molecule has 3 rings (SSSR count). The highest BCUT2D eigenvalue weighted by molar-refractivity contribution is 8.24. The number of methoxy groups -OCH3 is 1. The van der Waals surface area contributed by atoms with Gasteiger partial charge in [-0.05, 0) is 36.6 Å². The van der Waals surface area contributed by atoms with Gasteiger partial charge in [0.15, 0.2) is 23.2 Å². The fourth-order valence-electron chi connectivity index (χ4n) is 3.10. The van der Waals surface area contributed by atoms with E-state index in [0.717, 1.165) is 12.0 Å². The minimum atomic E-state index is -3.05. The number of aryl methyl sites for hydroxylation is 1. The Hall–Kier alpha value is -2.07. The van der Waals surface area contributed by atoms with Crippen LogP contribution in [0.3, 0.4) is 0 Å². The highest BCUT2D eigenvalue weighted by Gasteiger charge is 2.31. The summed E-state index contributed by atoms with van der Waals surface area (Å²) in [5.41, 5.74) is 1.05. The van der Waals surface area contributed by atoms with E-state index in [2.05, 4.69) is 0 Å². The van der Waals surface area contributed by atoms with Gasteiger partial charge in [0, 0.05) is 12.5 Å². The van der Waals surface area contributed by atoms with Gasteiger partial charge in [-0.3, -0.25) is 13.9 Å². The maximum absolute atomic E-state index is 13.0. The maximum Gasteiger partial charge on any atom is 0.391 e. The van der Waals surface area contributed by atoms with Crippen LogP contribution in [-0.2, 0) is 6.42 Å². The zero-order valence-corrected chi connectivity index (χ0v) is 18.8. The second-order valence-electron chi connectivity index (χ2n) is 6.82. The largest absolute Gasteiger partial charge is 0.493 e. The van der Waals surface area contributed by atoms with Crippen LogP contribution in [0.5, 0.6) is 23.0 Å². The molecule has 2 aromatic carbocycles. The second-order valence-corrected chi connectivity index (χ2v) is 9.52. The topological polar surface area (TPSA) is 135 Å². The third kappa shape index (κ3) is 5.60. The first-order valence-corrected chi connectivity index (χ1v) is 12.4. The van der Waals surface area contributed by atoms with Gasteiger partial charge in [0.1, 0.15) is 16.4 Å². The minimum absolute atomic E-state index is 0.135. The van der Waals surface area contributed by atoms with Crippen molar-refractivity contribution in [2.24, 2.45) is 0 Å². The summed E-state index contributed by atoms with van der Waals surface area (Å²) in [6.45, 7) is 2.31. The van der Waals surface area contributed by atoms with Crippen molar-refractivity contribution in [3.63, 3.8) is 0 Å². The van der Waals surface area contributed by atoms with Crippen LogP contribution in [0.1, 0.15) is 35.7 Å². The molecule has 0 atom stereocenters. The average Bonchev–Trinajstić information content (AvgIpc) is 3.03. The smallest absolute Gasteiger partial charge is 0.391 e. The number of Topliss-reactive ketones (excluding diaryl/α,β-unsaturated/α-hetero) is 1. The molecule has 0 aliphatic carbocycles. The van der Waals surface area contributed by atoms with E-state index in [4.69, 9.17) is 28.5 Å². The van der Waals surface area contributed by atoms with Crippen LogP contribution in [0.25, 0.3) is 0 Å². The number of hydrogen-bond acceptors (Lipinski definition) is 9. The molecule has 1 aliphatic heterocycles. The van der Waals surface area contributed by atoms with E-state index >= 15 is 0 Å². The molecule has 0 radical (unpaired) electrons. The predicted octanol–water partition coefficient (Wildman–Crippen LogP) is 4.35. The van der Waals surface area contributed by atoms with Crippen molar-refractivity contribution < 1.29 is 42.4 Å². The van der Waals surface area contributed by atoms with Crippen LogP contribution >= 0.6 is 19.2 Å². The van der Waals surface area contributed by atoms with Gasteiger partial charge >= 0.3 is 8.60 Å². The Morgan fingerprint density at radius 3 is 2.61 bits per heavy atom. The molecular formula is C20H25O9PS. The Morgan fingerprint density at radius 1 is 1.16 bits per heavy atom. The summed E-state index contributed by atoms with van der Waals surface area (Å²) in [5, 5.41) is 0. The van der Waals surface area contributed by atoms with E-state index < -0.39 is 19.2 Å². The van der Waals surface area contributed by atoms with E-state index in [1.54, 1.807) is 18.2 Å². The summed E-state index contributed by atoms with van der Waals surface area (Å²) in [6.07, 6.45) is 1.22. The van der Waals surface area contributed by atoms with Gasteiger partial charge in [0.25, 0.3) is 0 Å². The fraction of sp³-hybridized carbons (Fsp3) is 0.350. The average molecular weight is 472 g/mol. The molecule has 2 aromatic rings. The Morgan fingerprint density at radius 2 is 1.94 bits per heavy atom. The molecule has 170 valence electrons. The molecule has 0 amide bonds. The number of fused-ring (bicyclic) bond motifs is 1. The molecule has 1 aliphatic rings. The second kappa shape index (κ2) is 10.0. The van der Waals surface area contributed by atoms with Crippen molar-refractivity contribution in [1.82, 2.24) is 0 Å². The van der Waals surface area contributed by atoms with Crippen LogP contribution < -0.4 is 18.7 Å². The lowest BCUT2D eigenvalue weighted by Crippen LogP contribution is -2.07. The maximum atomic E-state index is 13.0. The molecule has 0 aromatic heterocycles. The normalized spacial score (nSPS) is 15.2. The van der Waals surface area contributed by atoms with E-state index in [0.29, 0.717) is 30.1 Å². The van der Waals surface area contributed by atoms with E-state index in [9.17, 15) is 13.9 Å². The summed E-state index contributed by atoms with van der Waals surface area (Å²) >= 11 is 0. The number of benzene rings is 2. The third-order valence-corrected chi connectivity index (χ3v) is 6.42. The monoisotopic (exact) mass is 472 g/mol. The molecule has 0 bridgehead atoms. The molecule has 0 spiro atoms. The van der Waals surface area contributed by atoms with Gasteiger partial charge in [0.2, 0.25) is 0 Å². The van der Waals surface area contributed by atoms with Crippen molar-refractivity contribution >= 4 is 25.0 Å². The molecular weight excluding hydrogens is 447 g/mol. The number of carbonyl (C=O) groups excluding carboxylic acids is 1. The fourth-order valence-corrected chi connectivity index (χ4v) is 4.57. The van der Waals surface area contributed by atoms with Gasteiger partial charge < -0.3 is 28.5 Å². The first kappa shape index (κ1) is 23.6.